The van der Waals surface area contributed by atoms with Gasteiger partial charge in [-0.25, -0.2) is 9.59 Å². The molecule has 2 atom stereocenters. The summed E-state index contributed by atoms with van der Waals surface area (Å²) in [5, 5.41) is 22.0. The van der Waals surface area contributed by atoms with Crippen LogP contribution in [0.15, 0.2) is 0 Å². The highest BCUT2D eigenvalue weighted by Gasteiger charge is 2.23. The van der Waals surface area contributed by atoms with E-state index in [2.05, 4.69) is 10.6 Å². The van der Waals surface area contributed by atoms with Crippen LogP contribution in [0.2, 0.25) is 0 Å². The Kier molecular flexibility index (Phi) is 8.77. The first-order valence-corrected chi connectivity index (χ1v) is 7.11. The van der Waals surface area contributed by atoms with E-state index in [1.54, 1.807) is 11.8 Å². The molecule has 1 unspecified atom stereocenters. The minimum absolute atomic E-state index is 0.0988. The highest BCUT2D eigenvalue weighted by atomic mass is 32.2. The number of hydrogen-bond acceptors (Lipinski definition) is 4. The van der Waals surface area contributed by atoms with Crippen LogP contribution < -0.4 is 10.6 Å². The average molecular weight is 292 g/mol. The summed E-state index contributed by atoms with van der Waals surface area (Å²) >= 11 is 1.75. The zero-order chi connectivity index (χ0) is 14.8. The first-order chi connectivity index (χ1) is 8.86. The van der Waals surface area contributed by atoms with E-state index in [1.807, 2.05) is 13.8 Å². The summed E-state index contributed by atoms with van der Waals surface area (Å²) < 4.78 is 0. The molecule has 0 radical (unpaired) electrons. The summed E-state index contributed by atoms with van der Waals surface area (Å²) in [5.74, 6) is -0.750. The number of amides is 2. The summed E-state index contributed by atoms with van der Waals surface area (Å²) in [6.45, 7) is 3.85. The summed E-state index contributed by atoms with van der Waals surface area (Å²) in [4.78, 5) is 32.7. The molecule has 0 aromatic heterocycles. The highest BCUT2D eigenvalue weighted by molar-refractivity contribution is 7.99. The lowest BCUT2D eigenvalue weighted by molar-refractivity contribution is -0.145. The Morgan fingerprint density at radius 2 is 1.84 bits per heavy atom. The molecule has 2 amide bonds. The molecular formula is C11H20N2O5S. The van der Waals surface area contributed by atoms with E-state index in [-0.39, 0.29) is 6.04 Å². The number of carbonyl (C=O) groups excluding carboxylic acids is 1. The summed E-state index contributed by atoms with van der Waals surface area (Å²) in [6.07, 6.45) is 0.116. The molecule has 0 saturated carbocycles. The van der Waals surface area contributed by atoms with Crippen LogP contribution >= 0.6 is 11.8 Å². The van der Waals surface area contributed by atoms with Crippen molar-refractivity contribution in [1.82, 2.24) is 10.6 Å². The first-order valence-electron chi connectivity index (χ1n) is 5.96. The zero-order valence-electron chi connectivity index (χ0n) is 11.0. The van der Waals surface area contributed by atoms with Crippen LogP contribution in [0.1, 0.15) is 26.7 Å². The van der Waals surface area contributed by atoms with Gasteiger partial charge in [-0.2, -0.15) is 11.8 Å². The van der Waals surface area contributed by atoms with Crippen molar-refractivity contribution in [1.29, 1.82) is 0 Å². The molecule has 4 N–H and O–H groups in total. The average Bonchev–Trinajstić information content (AvgIpc) is 2.27. The fraction of sp³-hybridized carbons (Fsp3) is 0.727. The third kappa shape index (κ3) is 9.18. The smallest absolute Gasteiger partial charge is 0.326 e. The number of carbonyl (C=O) groups is 3. The van der Waals surface area contributed by atoms with Gasteiger partial charge in [0.05, 0.1) is 6.42 Å². The Morgan fingerprint density at radius 1 is 1.21 bits per heavy atom. The van der Waals surface area contributed by atoms with Crippen molar-refractivity contribution in [2.45, 2.75) is 38.8 Å². The number of carboxylic acids is 2. The zero-order valence-corrected chi connectivity index (χ0v) is 11.8. The summed E-state index contributed by atoms with van der Waals surface area (Å²) in [5.41, 5.74) is 0. The van der Waals surface area contributed by atoms with Gasteiger partial charge in [0, 0.05) is 6.04 Å². The Labute approximate surface area is 116 Å². The fourth-order valence-corrected chi connectivity index (χ4v) is 2.08. The van der Waals surface area contributed by atoms with Crippen molar-refractivity contribution in [2.75, 3.05) is 11.5 Å². The second-order valence-corrected chi connectivity index (χ2v) is 5.39. The van der Waals surface area contributed by atoms with Gasteiger partial charge < -0.3 is 20.8 Å². The molecule has 0 bridgehead atoms. The topological polar surface area (TPSA) is 116 Å². The Hall–Kier alpha value is -1.44. The molecule has 7 nitrogen and oxygen atoms in total. The number of carboxylic acid groups (broad SMARTS) is 2. The van der Waals surface area contributed by atoms with Gasteiger partial charge >= 0.3 is 18.0 Å². The van der Waals surface area contributed by atoms with E-state index in [4.69, 9.17) is 10.2 Å². The number of thioether (sulfide) groups is 1. The van der Waals surface area contributed by atoms with Crippen LogP contribution in [0.3, 0.4) is 0 Å². The van der Waals surface area contributed by atoms with Crippen molar-refractivity contribution in [2.24, 2.45) is 0 Å². The largest absolute Gasteiger partial charge is 0.481 e. The van der Waals surface area contributed by atoms with E-state index in [0.29, 0.717) is 0 Å². The predicted octanol–water partition coefficient (Wildman–Crippen LogP) is 0.745. The van der Waals surface area contributed by atoms with Gasteiger partial charge in [-0.15, -0.1) is 0 Å². The minimum Gasteiger partial charge on any atom is -0.481 e. The molecule has 110 valence electrons. The normalized spacial score (nSPS) is 13.4. The van der Waals surface area contributed by atoms with Crippen LogP contribution in [-0.4, -0.2) is 51.8 Å². The second kappa shape index (κ2) is 9.48. The van der Waals surface area contributed by atoms with E-state index < -0.39 is 30.4 Å². The fourth-order valence-electron chi connectivity index (χ4n) is 1.28. The molecule has 0 aliphatic heterocycles. The second-order valence-electron chi connectivity index (χ2n) is 3.99. The molecule has 0 aliphatic carbocycles. The number of hydrogen-bond donors (Lipinski definition) is 4. The van der Waals surface area contributed by atoms with Crippen LogP contribution in [0.25, 0.3) is 0 Å². The molecule has 0 heterocycles. The van der Waals surface area contributed by atoms with Crippen molar-refractivity contribution in [3.05, 3.63) is 0 Å². The number of aliphatic carboxylic acids is 2. The molecule has 0 aliphatic rings. The number of urea groups is 1. The van der Waals surface area contributed by atoms with Crippen molar-refractivity contribution >= 4 is 29.7 Å². The molecule has 0 aromatic rings. The molecule has 8 heteroatoms. The maximum absolute atomic E-state index is 11.5. The van der Waals surface area contributed by atoms with Crippen LogP contribution in [-0.2, 0) is 9.59 Å². The van der Waals surface area contributed by atoms with Gasteiger partial charge in [0.2, 0.25) is 0 Å². The van der Waals surface area contributed by atoms with E-state index in [9.17, 15) is 14.4 Å². The lowest BCUT2D eigenvalue weighted by Gasteiger charge is -2.17. The molecule has 0 aromatic carbocycles. The van der Waals surface area contributed by atoms with Gasteiger partial charge in [0.15, 0.2) is 0 Å². The lowest BCUT2D eigenvalue weighted by Crippen LogP contribution is -2.49. The van der Waals surface area contributed by atoms with E-state index >= 15 is 0 Å². The Balaban J connectivity index is 4.11. The van der Waals surface area contributed by atoms with Gasteiger partial charge in [-0.05, 0) is 24.9 Å². The summed E-state index contributed by atoms with van der Waals surface area (Å²) in [7, 11) is 0. The van der Waals surface area contributed by atoms with Gasteiger partial charge in [-0.3, -0.25) is 4.79 Å². The minimum atomic E-state index is -1.42. The van der Waals surface area contributed by atoms with Gasteiger partial charge in [0.1, 0.15) is 6.04 Å². The van der Waals surface area contributed by atoms with Crippen LogP contribution in [0, 0.1) is 0 Å². The van der Waals surface area contributed by atoms with E-state index in [0.717, 1.165) is 17.9 Å². The van der Waals surface area contributed by atoms with Crippen molar-refractivity contribution < 1.29 is 24.6 Å². The van der Waals surface area contributed by atoms with Gasteiger partial charge in [-0.1, -0.05) is 6.92 Å². The van der Waals surface area contributed by atoms with Crippen molar-refractivity contribution in [3.63, 3.8) is 0 Å². The monoisotopic (exact) mass is 292 g/mol. The molecule has 0 saturated heterocycles. The number of rotatable bonds is 9. The van der Waals surface area contributed by atoms with E-state index in [1.165, 1.54) is 0 Å². The van der Waals surface area contributed by atoms with Crippen LogP contribution in [0.4, 0.5) is 4.79 Å². The maximum Gasteiger partial charge on any atom is 0.326 e. The first kappa shape index (κ1) is 17.6. The molecule has 0 fully saturated rings. The van der Waals surface area contributed by atoms with Crippen molar-refractivity contribution in [3.8, 4) is 0 Å². The van der Waals surface area contributed by atoms with Gasteiger partial charge in [0.25, 0.3) is 0 Å². The maximum atomic E-state index is 11.5. The lowest BCUT2D eigenvalue weighted by atomic mass is 10.2. The SMILES string of the molecule is CCSCCC(C)NC(=O)N[C@H](CC(=O)O)C(=O)O. The quantitative estimate of drug-likeness (QED) is 0.466. The molecule has 0 rings (SSSR count). The Bertz CT molecular complexity index is 324. The third-order valence-corrected chi connectivity index (χ3v) is 3.19. The third-order valence-electron chi connectivity index (χ3n) is 2.26. The molecule has 0 spiro atoms. The standard InChI is InChI=1S/C11H20N2O5S/c1-3-19-5-4-7(2)12-11(18)13-8(10(16)17)6-9(14)15/h7-8H,3-6H2,1-2H3,(H,14,15)(H,16,17)(H2,12,13,18)/t7?,8-/m1/s1. The summed E-state index contributed by atoms with van der Waals surface area (Å²) in [6, 6.07) is -2.18. The highest BCUT2D eigenvalue weighted by Crippen LogP contribution is 2.03. The molecule has 19 heavy (non-hydrogen) atoms. The number of nitrogens with one attached hydrogen (secondary N) is 2. The molecular weight excluding hydrogens is 272 g/mol. The van der Waals surface area contributed by atoms with Crippen LogP contribution in [0.5, 0.6) is 0 Å². The Morgan fingerprint density at radius 3 is 2.32 bits per heavy atom. The predicted molar refractivity (Wildman–Crippen MR) is 72.4 cm³/mol.